The Morgan fingerprint density at radius 1 is 1.00 bits per heavy atom. The van der Waals surface area contributed by atoms with Crippen LogP contribution < -0.4 is 5.32 Å². The molecule has 0 aliphatic carbocycles. The molecule has 9 heteroatoms. The zero-order valence-electron chi connectivity index (χ0n) is 8.39. The second-order valence-corrected chi connectivity index (χ2v) is 4.16. The van der Waals surface area contributed by atoms with Gasteiger partial charge in [-0.1, -0.05) is 0 Å². The van der Waals surface area contributed by atoms with Gasteiger partial charge in [0, 0.05) is 10.6 Å². The Balaban J connectivity index is 2.70. The van der Waals surface area contributed by atoms with Crippen molar-refractivity contribution in [2.75, 3.05) is 5.32 Å². The minimum absolute atomic E-state index is 0.187. The Kier molecular flexibility index (Phi) is 4.15. The van der Waals surface area contributed by atoms with Gasteiger partial charge in [0.05, 0.1) is 0 Å². The van der Waals surface area contributed by atoms with Crippen LogP contribution in [0.2, 0.25) is 0 Å². The maximum atomic E-state index is 12.0. The molecule has 100 valence electrons. The SMILES string of the molecule is O=C(Nc1ccc(SC(F)(F)F)cc1)C(F)(F)F. The monoisotopic (exact) mass is 289 g/mol. The lowest BCUT2D eigenvalue weighted by molar-refractivity contribution is -0.167. The molecule has 1 aromatic rings. The molecule has 0 aromatic heterocycles. The summed E-state index contributed by atoms with van der Waals surface area (Å²) in [7, 11) is 0. The third kappa shape index (κ3) is 4.86. The van der Waals surface area contributed by atoms with Gasteiger partial charge in [-0.3, -0.25) is 4.79 Å². The van der Waals surface area contributed by atoms with E-state index in [2.05, 4.69) is 0 Å². The highest BCUT2D eigenvalue weighted by molar-refractivity contribution is 8.00. The molecule has 0 heterocycles. The second-order valence-electron chi connectivity index (χ2n) is 3.02. The summed E-state index contributed by atoms with van der Waals surface area (Å²) in [6, 6.07) is 3.84. The predicted octanol–water partition coefficient (Wildman–Crippen LogP) is 3.80. The van der Waals surface area contributed by atoms with Crippen LogP contribution in [0.15, 0.2) is 29.2 Å². The molecule has 0 fully saturated rings. The summed E-state index contributed by atoms with van der Waals surface area (Å²) < 4.78 is 71.5. The first-order chi connectivity index (χ1) is 8.08. The first kappa shape index (κ1) is 14.7. The van der Waals surface area contributed by atoms with Crippen LogP contribution in [0, 0.1) is 0 Å². The smallest absolute Gasteiger partial charge is 0.318 e. The molecule has 0 aliphatic rings. The van der Waals surface area contributed by atoms with Crippen molar-refractivity contribution in [2.45, 2.75) is 16.6 Å². The van der Waals surface area contributed by atoms with E-state index in [1.807, 2.05) is 0 Å². The molecule has 0 spiro atoms. The van der Waals surface area contributed by atoms with Crippen LogP contribution in [0.1, 0.15) is 0 Å². The number of hydrogen-bond donors (Lipinski definition) is 1. The number of carbonyl (C=O) groups is 1. The fourth-order valence-corrected chi connectivity index (χ4v) is 1.48. The molecule has 18 heavy (non-hydrogen) atoms. The number of thioether (sulfide) groups is 1. The predicted molar refractivity (Wildman–Crippen MR) is 53.0 cm³/mol. The standard InChI is InChI=1S/C9H5F6NOS/c10-8(11,12)7(17)16-5-1-3-6(4-2-5)18-9(13,14)15/h1-4H,(H,16,17). The van der Waals surface area contributed by atoms with Crippen molar-refractivity contribution < 1.29 is 31.1 Å². The number of amides is 1. The second kappa shape index (κ2) is 5.09. The van der Waals surface area contributed by atoms with E-state index in [4.69, 9.17) is 0 Å². The molecule has 2 nitrogen and oxygen atoms in total. The number of hydrogen-bond acceptors (Lipinski definition) is 2. The molecule has 0 radical (unpaired) electrons. The fourth-order valence-electron chi connectivity index (χ4n) is 0.942. The molecular weight excluding hydrogens is 284 g/mol. The van der Waals surface area contributed by atoms with Gasteiger partial charge in [-0.15, -0.1) is 0 Å². The normalized spacial score (nSPS) is 12.3. The van der Waals surface area contributed by atoms with Crippen molar-refractivity contribution >= 4 is 23.4 Å². The van der Waals surface area contributed by atoms with Crippen LogP contribution in [-0.2, 0) is 4.79 Å². The summed E-state index contributed by atoms with van der Waals surface area (Å²) in [5.74, 6) is -2.18. The summed E-state index contributed by atoms with van der Waals surface area (Å²) in [4.78, 5) is 10.3. The lowest BCUT2D eigenvalue weighted by Crippen LogP contribution is -2.29. The van der Waals surface area contributed by atoms with Crippen LogP contribution in [-0.4, -0.2) is 17.6 Å². The summed E-state index contributed by atoms with van der Waals surface area (Å²) in [5.41, 5.74) is -4.71. The number of alkyl halides is 6. The van der Waals surface area contributed by atoms with E-state index in [1.165, 1.54) is 5.32 Å². The number of rotatable bonds is 2. The Labute approximate surface area is 101 Å². The summed E-state index contributed by atoms with van der Waals surface area (Å²) in [5, 5.41) is 1.52. The molecule has 1 N–H and O–H groups in total. The molecule has 1 rings (SSSR count). The van der Waals surface area contributed by atoms with Crippen molar-refractivity contribution in [1.82, 2.24) is 0 Å². The fraction of sp³-hybridized carbons (Fsp3) is 0.222. The highest BCUT2D eigenvalue weighted by atomic mass is 32.2. The van der Waals surface area contributed by atoms with Gasteiger partial charge < -0.3 is 5.32 Å². The molecule has 0 aliphatic heterocycles. The average Bonchev–Trinajstić information content (AvgIpc) is 2.17. The minimum atomic E-state index is -5.04. The van der Waals surface area contributed by atoms with Gasteiger partial charge in [0.15, 0.2) is 0 Å². The van der Waals surface area contributed by atoms with Crippen LogP contribution in [0.25, 0.3) is 0 Å². The van der Waals surface area contributed by atoms with E-state index < -0.39 is 29.4 Å². The van der Waals surface area contributed by atoms with Gasteiger partial charge >= 0.3 is 17.6 Å². The van der Waals surface area contributed by atoms with Gasteiger partial charge in [0.1, 0.15) is 0 Å². The number of anilines is 1. The number of halogens is 6. The molecule has 0 unspecified atom stereocenters. The molecule has 0 bridgehead atoms. The Morgan fingerprint density at radius 3 is 1.89 bits per heavy atom. The lowest BCUT2D eigenvalue weighted by atomic mass is 10.3. The van der Waals surface area contributed by atoms with E-state index >= 15 is 0 Å². The maximum Gasteiger partial charge on any atom is 0.471 e. The highest BCUT2D eigenvalue weighted by Gasteiger charge is 2.38. The summed E-state index contributed by atoms with van der Waals surface area (Å²) in [6.45, 7) is 0. The van der Waals surface area contributed by atoms with Crippen molar-refractivity contribution in [3.05, 3.63) is 24.3 Å². The summed E-state index contributed by atoms with van der Waals surface area (Å²) in [6.07, 6.45) is -5.04. The van der Waals surface area contributed by atoms with Crippen molar-refractivity contribution in [3.8, 4) is 0 Å². The van der Waals surface area contributed by atoms with Crippen molar-refractivity contribution in [1.29, 1.82) is 0 Å². The first-order valence-corrected chi connectivity index (χ1v) is 5.13. The Morgan fingerprint density at radius 2 is 1.50 bits per heavy atom. The third-order valence-electron chi connectivity index (χ3n) is 1.60. The number of carbonyl (C=O) groups excluding carboxylic acids is 1. The highest BCUT2D eigenvalue weighted by Crippen LogP contribution is 2.37. The lowest BCUT2D eigenvalue weighted by Gasteiger charge is -2.09. The largest absolute Gasteiger partial charge is 0.471 e. The number of benzene rings is 1. The van der Waals surface area contributed by atoms with E-state index in [1.54, 1.807) is 0 Å². The zero-order chi connectivity index (χ0) is 14.0. The molecule has 0 atom stereocenters. The molecule has 0 saturated heterocycles. The molecule has 1 aromatic carbocycles. The van der Waals surface area contributed by atoms with Gasteiger partial charge in [-0.25, -0.2) is 0 Å². The van der Waals surface area contributed by atoms with Crippen LogP contribution in [0.4, 0.5) is 32.0 Å². The third-order valence-corrected chi connectivity index (χ3v) is 2.34. The van der Waals surface area contributed by atoms with Gasteiger partial charge in [0.25, 0.3) is 0 Å². The van der Waals surface area contributed by atoms with E-state index in [0.717, 1.165) is 24.3 Å². The van der Waals surface area contributed by atoms with Gasteiger partial charge in [0.2, 0.25) is 0 Å². The quantitative estimate of drug-likeness (QED) is 0.663. The average molecular weight is 289 g/mol. The van der Waals surface area contributed by atoms with Crippen LogP contribution in [0.5, 0.6) is 0 Å². The maximum absolute atomic E-state index is 12.0. The Hall–Kier alpha value is -1.38. The molecular formula is C9H5F6NOS. The molecule has 1 amide bonds. The van der Waals surface area contributed by atoms with Crippen molar-refractivity contribution in [3.63, 3.8) is 0 Å². The van der Waals surface area contributed by atoms with Gasteiger partial charge in [-0.05, 0) is 36.0 Å². The topological polar surface area (TPSA) is 29.1 Å². The summed E-state index contributed by atoms with van der Waals surface area (Å²) >= 11 is -0.401. The van der Waals surface area contributed by atoms with E-state index in [-0.39, 0.29) is 10.6 Å². The Bertz CT molecular complexity index is 424. The van der Waals surface area contributed by atoms with E-state index in [9.17, 15) is 31.1 Å². The van der Waals surface area contributed by atoms with E-state index in [0.29, 0.717) is 0 Å². The van der Waals surface area contributed by atoms with Gasteiger partial charge in [-0.2, -0.15) is 26.3 Å². The first-order valence-electron chi connectivity index (χ1n) is 4.32. The van der Waals surface area contributed by atoms with Crippen LogP contribution in [0.3, 0.4) is 0 Å². The zero-order valence-corrected chi connectivity index (χ0v) is 9.21. The van der Waals surface area contributed by atoms with Crippen LogP contribution >= 0.6 is 11.8 Å². The van der Waals surface area contributed by atoms with Crippen molar-refractivity contribution in [2.24, 2.45) is 0 Å². The molecule has 0 saturated carbocycles. The number of nitrogens with one attached hydrogen (secondary N) is 1. The minimum Gasteiger partial charge on any atom is -0.318 e.